The van der Waals surface area contributed by atoms with Crippen molar-refractivity contribution in [3.05, 3.63) is 16.4 Å². The van der Waals surface area contributed by atoms with Crippen molar-refractivity contribution >= 4 is 23.5 Å². The molecule has 1 fully saturated rings. The molecule has 1 aliphatic rings. The average molecular weight is 300 g/mol. The quantitative estimate of drug-likeness (QED) is 0.892. The van der Waals surface area contributed by atoms with E-state index in [9.17, 15) is 9.59 Å². The smallest absolute Gasteiger partial charge is 0.303 e. The van der Waals surface area contributed by atoms with Gasteiger partial charge in [-0.3, -0.25) is 14.7 Å². The largest absolute Gasteiger partial charge is 0.481 e. The summed E-state index contributed by atoms with van der Waals surface area (Å²) in [6.45, 7) is 2.38. The molecule has 1 aromatic rings. The van der Waals surface area contributed by atoms with Crippen LogP contribution >= 0.6 is 11.6 Å². The van der Waals surface area contributed by atoms with Crippen molar-refractivity contribution in [1.29, 1.82) is 0 Å². The Hall–Kier alpha value is -1.56. The number of likely N-dealkylation sites (tertiary alicyclic amines) is 1. The zero-order chi connectivity index (χ0) is 14.7. The number of amides is 1. The molecule has 7 heteroatoms. The van der Waals surface area contributed by atoms with E-state index < -0.39 is 5.97 Å². The average Bonchev–Trinajstić information content (AvgIpc) is 2.76. The highest BCUT2D eigenvalue weighted by molar-refractivity contribution is 6.34. The van der Waals surface area contributed by atoms with Gasteiger partial charge in [0.1, 0.15) is 0 Å². The van der Waals surface area contributed by atoms with Gasteiger partial charge < -0.3 is 10.0 Å². The van der Waals surface area contributed by atoms with Crippen LogP contribution in [0.1, 0.15) is 48.3 Å². The minimum atomic E-state index is -0.836. The molecule has 1 aliphatic heterocycles. The monoisotopic (exact) mass is 299 g/mol. The van der Waals surface area contributed by atoms with Gasteiger partial charge in [-0.1, -0.05) is 11.6 Å². The molecule has 1 amide bonds. The molecule has 0 aromatic carbocycles. The number of carboxylic acids is 1. The van der Waals surface area contributed by atoms with Crippen molar-refractivity contribution in [1.82, 2.24) is 15.1 Å². The van der Waals surface area contributed by atoms with Gasteiger partial charge in [-0.15, -0.1) is 0 Å². The number of carbonyl (C=O) groups excluding carboxylic acids is 1. The predicted octanol–water partition coefficient (Wildman–Crippen LogP) is 2.23. The van der Waals surface area contributed by atoms with E-state index in [4.69, 9.17) is 16.7 Å². The summed E-state index contributed by atoms with van der Waals surface area (Å²) < 4.78 is 0. The molecule has 1 aromatic heterocycles. The highest BCUT2D eigenvalue weighted by atomic mass is 35.5. The number of piperidine rings is 1. The molecule has 0 unspecified atom stereocenters. The van der Waals surface area contributed by atoms with E-state index in [2.05, 4.69) is 10.2 Å². The molecule has 2 rings (SSSR count). The van der Waals surface area contributed by atoms with Crippen LogP contribution in [0.2, 0.25) is 5.02 Å². The Labute approximate surface area is 122 Å². The van der Waals surface area contributed by atoms with Crippen molar-refractivity contribution in [3.63, 3.8) is 0 Å². The number of carbonyl (C=O) groups is 2. The molecule has 0 aliphatic carbocycles. The summed E-state index contributed by atoms with van der Waals surface area (Å²) in [5.41, 5.74) is 0.889. The maximum Gasteiger partial charge on any atom is 0.303 e. The number of hydrogen-bond acceptors (Lipinski definition) is 3. The molecule has 2 heterocycles. The number of aromatic nitrogens is 2. The number of aromatic amines is 1. The molecule has 2 N–H and O–H groups in total. The van der Waals surface area contributed by atoms with Gasteiger partial charge in [-0.2, -0.15) is 5.10 Å². The number of halogens is 1. The van der Waals surface area contributed by atoms with E-state index in [1.807, 2.05) is 0 Å². The van der Waals surface area contributed by atoms with Gasteiger partial charge in [-0.05, 0) is 32.6 Å². The van der Waals surface area contributed by atoms with Gasteiger partial charge >= 0.3 is 5.97 Å². The zero-order valence-corrected chi connectivity index (χ0v) is 12.1. The number of H-pyrrole nitrogens is 1. The Kier molecular flexibility index (Phi) is 4.65. The molecular formula is C13H18ClN3O3. The van der Waals surface area contributed by atoms with Crippen LogP contribution in [0.4, 0.5) is 0 Å². The third-order valence-electron chi connectivity index (χ3n) is 3.65. The van der Waals surface area contributed by atoms with E-state index in [0.717, 1.165) is 19.3 Å². The Bertz CT molecular complexity index is 515. The van der Waals surface area contributed by atoms with Gasteiger partial charge in [0.25, 0.3) is 5.91 Å². The first-order valence-electron chi connectivity index (χ1n) is 6.74. The van der Waals surface area contributed by atoms with E-state index in [1.54, 1.807) is 11.8 Å². The Morgan fingerprint density at radius 2 is 2.25 bits per heavy atom. The first-order valence-corrected chi connectivity index (χ1v) is 7.11. The fraction of sp³-hybridized carbons (Fsp3) is 0.615. The van der Waals surface area contributed by atoms with Crippen LogP contribution in [0.5, 0.6) is 0 Å². The second-order valence-electron chi connectivity index (χ2n) is 5.09. The number of aliphatic carboxylic acids is 1. The summed E-state index contributed by atoms with van der Waals surface area (Å²) in [6.07, 6.45) is 3.32. The zero-order valence-electron chi connectivity index (χ0n) is 11.4. The minimum absolute atomic E-state index is 0.0413. The predicted molar refractivity (Wildman–Crippen MR) is 73.9 cm³/mol. The Balaban J connectivity index is 2.13. The Morgan fingerprint density at radius 3 is 2.85 bits per heavy atom. The fourth-order valence-corrected chi connectivity index (χ4v) is 2.72. The summed E-state index contributed by atoms with van der Waals surface area (Å²) in [6, 6.07) is -0.0413. The van der Waals surface area contributed by atoms with E-state index >= 15 is 0 Å². The van der Waals surface area contributed by atoms with E-state index in [-0.39, 0.29) is 24.1 Å². The van der Waals surface area contributed by atoms with Crippen molar-refractivity contribution in [3.8, 4) is 0 Å². The van der Waals surface area contributed by atoms with Crippen LogP contribution < -0.4 is 0 Å². The van der Waals surface area contributed by atoms with Crippen LogP contribution in [-0.4, -0.2) is 44.7 Å². The molecular weight excluding hydrogens is 282 g/mol. The first kappa shape index (κ1) is 14.8. The summed E-state index contributed by atoms with van der Waals surface area (Å²) >= 11 is 6.06. The number of hydrogen-bond donors (Lipinski definition) is 2. The van der Waals surface area contributed by atoms with Crippen molar-refractivity contribution < 1.29 is 14.7 Å². The standard InChI is InChI=1S/C13H18ClN3O3/c1-8-11(14)12(16-15-8)13(20)17-7-3-2-4-9(17)5-6-10(18)19/h9H,2-7H2,1H3,(H,15,16)(H,18,19)/t9-/m0/s1. The van der Waals surface area contributed by atoms with Crippen molar-refractivity contribution in [2.45, 2.75) is 45.1 Å². The molecule has 1 atom stereocenters. The molecule has 6 nitrogen and oxygen atoms in total. The summed E-state index contributed by atoms with van der Waals surface area (Å²) in [4.78, 5) is 24.9. The van der Waals surface area contributed by atoms with Crippen molar-refractivity contribution in [2.24, 2.45) is 0 Å². The summed E-state index contributed by atoms with van der Waals surface area (Å²) in [5.74, 6) is -1.05. The lowest BCUT2D eigenvalue weighted by atomic mass is 9.97. The lowest BCUT2D eigenvalue weighted by Gasteiger charge is -2.35. The first-order chi connectivity index (χ1) is 9.50. The number of rotatable bonds is 4. The highest BCUT2D eigenvalue weighted by Crippen LogP contribution is 2.25. The van der Waals surface area contributed by atoms with Crippen LogP contribution in [-0.2, 0) is 4.79 Å². The lowest BCUT2D eigenvalue weighted by molar-refractivity contribution is -0.137. The molecule has 0 bridgehead atoms. The lowest BCUT2D eigenvalue weighted by Crippen LogP contribution is -2.44. The molecule has 1 saturated heterocycles. The summed E-state index contributed by atoms with van der Waals surface area (Å²) in [7, 11) is 0. The van der Waals surface area contributed by atoms with Crippen LogP contribution in [0, 0.1) is 6.92 Å². The maximum absolute atomic E-state index is 12.5. The van der Waals surface area contributed by atoms with Crippen LogP contribution in [0.3, 0.4) is 0 Å². The van der Waals surface area contributed by atoms with E-state index in [0.29, 0.717) is 23.7 Å². The number of nitrogens with one attached hydrogen (secondary N) is 1. The van der Waals surface area contributed by atoms with Crippen molar-refractivity contribution in [2.75, 3.05) is 6.54 Å². The SMILES string of the molecule is Cc1[nH]nc(C(=O)N2CCCC[C@H]2CCC(=O)O)c1Cl. The molecule has 0 spiro atoms. The van der Waals surface area contributed by atoms with Gasteiger partial charge in [0, 0.05) is 19.0 Å². The number of carboxylic acid groups (broad SMARTS) is 1. The highest BCUT2D eigenvalue weighted by Gasteiger charge is 2.30. The summed E-state index contributed by atoms with van der Waals surface area (Å²) in [5, 5.41) is 15.8. The number of aryl methyl sites for hydroxylation is 1. The Morgan fingerprint density at radius 1 is 1.50 bits per heavy atom. The fourth-order valence-electron chi connectivity index (χ4n) is 2.55. The normalized spacial score (nSPS) is 19.1. The topological polar surface area (TPSA) is 86.3 Å². The minimum Gasteiger partial charge on any atom is -0.481 e. The number of nitrogens with zero attached hydrogens (tertiary/aromatic N) is 2. The third-order valence-corrected chi connectivity index (χ3v) is 4.12. The molecule has 0 radical (unpaired) electrons. The van der Waals surface area contributed by atoms with E-state index in [1.165, 1.54) is 0 Å². The molecule has 20 heavy (non-hydrogen) atoms. The van der Waals surface area contributed by atoms with Gasteiger partial charge in [0.05, 0.1) is 10.7 Å². The molecule has 0 saturated carbocycles. The second-order valence-corrected chi connectivity index (χ2v) is 5.47. The third kappa shape index (κ3) is 3.12. The maximum atomic E-state index is 12.5. The van der Waals surface area contributed by atoms with Crippen LogP contribution in [0.25, 0.3) is 0 Å². The van der Waals surface area contributed by atoms with Crippen LogP contribution in [0.15, 0.2) is 0 Å². The second kappa shape index (κ2) is 6.26. The molecule has 110 valence electrons. The van der Waals surface area contributed by atoms with Gasteiger partial charge in [0.15, 0.2) is 5.69 Å². The van der Waals surface area contributed by atoms with Gasteiger partial charge in [-0.25, -0.2) is 0 Å². The van der Waals surface area contributed by atoms with Gasteiger partial charge in [0.2, 0.25) is 0 Å².